The largest absolute Gasteiger partial charge is 0.505 e. The van der Waals surface area contributed by atoms with E-state index < -0.39 is 95.6 Å². The molecule has 0 saturated carbocycles. The lowest BCUT2D eigenvalue weighted by Crippen LogP contribution is -2.62. The van der Waals surface area contributed by atoms with Crippen LogP contribution in [-0.4, -0.2) is 134 Å². The van der Waals surface area contributed by atoms with Crippen molar-refractivity contribution in [3.05, 3.63) is 95.8 Å². The first-order chi connectivity index (χ1) is 29.2. The van der Waals surface area contributed by atoms with Gasteiger partial charge in [0.1, 0.15) is 36.0 Å². The summed E-state index contributed by atoms with van der Waals surface area (Å²) in [5.74, 6) is -5.55. The van der Waals surface area contributed by atoms with E-state index in [1.54, 1.807) is 67.6 Å². The molecule has 0 radical (unpaired) electrons. The average molecular weight is 844 g/mol. The molecule has 7 unspecified atom stereocenters. The summed E-state index contributed by atoms with van der Waals surface area (Å²) in [5.41, 5.74) is 0.772. The second-order valence-electron chi connectivity index (χ2n) is 15.1. The van der Waals surface area contributed by atoms with E-state index in [1.165, 1.54) is 42.2 Å². The van der Waals surface area contributed by atoms with E-state index in [1.807, 2.05) is 0 Å². The van der Waals surface area contributed by atoms with Crippen molar-refractivity contribution in [2.75, 3.05) is 20.2 Å². The maximum absolute atomic E-state index is 14.6. The van der Waals surface area contributed by atoms with Crippen LogP contribution in [0.1, 0.15) is 73.6 Å². The summed E-state index contributed by atoms with van der Waals surface area (Å²) in [7, 11) is 1.19. The molecule has 1 aromatic heterocycles. The highest BCUT2D eigenvalue weighted by atomic mass is 16.5. The normalized spacial score (nSPS) is 19.9. The average Bonchev–Trinajstić information content (AvgIpc) is 3.76. The molecular formula is C43H53N7O11. The molecule has 2 fully saturated rings. The van der Waals surface area contributed by atoms with Crippen LogP contribution in [0.15, 0.2) is 79.0 Å². The van der Waals surface area contributed by atoms with Crippen LogP contribution in [0, 0.1) is 0 Å². The zero-order valence-electron chi connectivity index (χ0n) is 34.2. The number of hydrogen-bond acceptors (Lipinski definition) is 12. The monoisotopic (exact) mass is 843 g/mol. The van der Waals surface area contributed by atoms with Crippen molar-refractivity contribution < 1.29 is 53.6 Å². The molecule has 326 valence electrons. The van der Waals surface area contributed by atoms with Gasteiger partial charge in [0.15, 0.2) is 11.7 Å². The van der Waals surface area contributed by atoms with Gasteiger partial charge < -0.3 is 51.1 Å². The molecule has 18 heteroatoms. The van der Waals surface area contributed by atoms with Crippen molar-refractivity contribution in [1.82, 2.24) is 36.1 Å². The number of likely N-dealkylation sites (tertiary alicyclic amines) is 2. The third-order valence-corrected chi connectivity index (χ3v) is 10.8. The minimum Gasteiger partial charge on any atom is -0.505 e. The second-order valence-corrected chi connectivity index (χ2v) is 15.1. The van der Waals surface area contributed by atoms with E-state index in [0.29, 0.717) is 17.5 Å². The molecule has 2 saturated heterocycles. The molecule has 0 bridgehead atoms. The third-order valence-electron chi connectivity index (χ3n) is 10.8. The molecule has 18 nitrogen and oxygen atoms in total. The Bertz CT molecular complexity index is 2040. The molecule has 61 heavy (non-hydrogen) atoms. The van der Waals surface area contributed by atoms with Crippen LogP contribution < -0.4 is 21.3 Å². The smallest absolute Gasteiger partial charge is 0.333 e. The van der Waals surface area contributed by atoms with Gasteiger partial charge in [0.25, 0.3) is 5.91 Å². The molecule has 3 heterocycles. The van der Waals surface area contributed by atoms with E-state index in [2.05, 4.69) is 26.3 Å². The molecule has 5 rings (SSSR count). The van der Waals surface area contributed by atoms with Crippen molar-refractivity contribution >= 4 is 41.4 Å². The number of pyridine rings is 1. The fourth-order valence-corrected chi connectivity index (χ4v) is 7.55. The molecule has 2 aliphatic rings. The summed E-state index contributed by atoms with van der Waals surface area (Å²) in [4.78, 5) is 102. The lowest BCUT2D eigenvalue weighted by molar-refractivity contribution is -0.150. The number of esters is 1. The lowest BCUT2D eigenvalue weighted by Gasteiger charge is -2.39. The second kappa shape index (κ2) is 21.2. The summed E-state index contributed by atoms with van der Waals surface area (Å²) in [6.45, 7) is 3.03. The Kier molecular flexibility index (Phi) is 15.9. The maximum Gasteiger partial charge on any atom is 0.333 e. The molecule has 8 atom stereocenters. The summed E-state index contributed by atoms with van der Waals surface area (Å²) in [5, 5.41) is 41.6. The van der Waals surface area contributed by atoms with Crippen molar-refractivity contribution in [3.63, 3.8) is 0 Å². The molecule has 7 N–H and O–H groups in total. The summed E-state index contributed by atoms with van der Waals surface area (Å²) in [6.07, 6.45) is -0.287. The Morgan fingerprint density at radius 2 is 1.44 bits per heavy atom. The molecule has 2 aliphatic heterocycles. The van der Waals surface area contributed by atoms with Gasteiger partial charge in [0.05, 0.1) is 19.3 Å². The molecule has 2 aromatic carbocycles. The van der Waals surface area contributed by atoms with Gasteiger partial charge >= 0.3 is 5.97 Å². The molecule has 3 aromatic rings. The van der Waals surface area contributed by atoms with E-state index >= 15 is 0 Å². The Labute approximate surface area is 353 Å². The standard InChI is InChI=1S/C43H53N7O11/c1-4-29(45-39(56)34(25(2)51)47-40(57)36-33(53)18-11-20-44-36)41(58)49-21-12-17-31(49)37(54)46-30(23-26-13-7-5-8-14-26)42(59)50-22-19-28(52)24-32(50)38(55)48-35(43(60)61-3)27-15-9-6-10-16-27/h5-11,13-16,18,20,25,28-32,34-35,51-53H,4,12,17,19,21-24H2,1-3H3,(H,45,56)(H,46,54)(H,47,57)(H,48,55)/t25-,28?,29?,30?,31?,32?,34?,35?/m1/s1. The number of benzene rings is 2. The zero-order chi connectivity index (χ0) is 44.2. The quantitative estimate of drug-likeness (QED) is 0.0960. The molecule has 0 spiro atoms. The predicted molar refractivity (Wildman–Crippen MR) is 218 cm³/mol. The zero-order valence-corrected chi connectivity index (χ0v) is 34.2. The SMILES string of the molecule is CCC(NC(=O)C(NC(=O)c1ncccc1O)[C@@H](C)O)C(=O)N1CCCC1C(=O)NC(Cc1ccccc1)C(=O)N1CCC(O)CC1C(=O)NC(C(=O)OC)c1ccccc1. The van der Waals surface area contributed by atoms with Crippen molar-refractivity contribution in [3.8, 4) is 5.75 Å². The molecular weight excluding hydrogens is 791 g/mol. The lowest BCUT2D eigenvalue weighted by atomic mass is 9.95. The fraction of sp³-hybridized carbons (Fsp3) is 0.442. The molecule has 0 aliphatic carbocycles. The number of methoxy groups -OCH3 is 1. The van der Waals surface area contributed by atoms with Crippen LogP contribution in [0.5, 0.6) is 5.75 Å². The molecule has 6 amide bonds. The van der Waals surface area contributed by atoms with Crippen molar-refractivity contribution in [2.24, 2.45) is 0 Å². The van der Waals surface area contributed by atoms with Gasteiger partial charge in [-0.1, -0.05) is 67.6 Å². The topological polar surface area (TPSA) is 257 Å². The van der Waals surface area contributed by atoms with Crippen LogP contribution in [0.3, 0.4) is 0 Å². The van der Waals surface area contributed by atoms with E-state index in [4.69, 9.17) is 4.74 Å². The fourth-order valence-electron chi connectivity index (χ4n) is 7.55. The summed E-state index contributed by atoms with van der Waals surface area (Å²) >= 11 is 0. The van der Waals surface area contributed by atoms with Crippen LogP contribution in [0.25, 0.3) is 0 Å². The number of rotatable bonds is 16. The maximum atomic E-state index is 14.6. The Morgan fingerprint density at radius 1 is 0.803 bits per heavy atom. The minimum atomic E-state index is -1.54. The Hall–Kier alpha value is -6.40. The first-order valence-corrected chi connectivity index (χ1v) is 20.2. The van der Waals surface area contributed by atoms with Gasteiger partial charge in [-0.25, -0.2) is 9.78 Å². The summed E-state index contributed by atoms with van der Waals surface area (Å²) in [6, 6.07) is 12.6. The van der Waals surface area contributed by atoms with Crippen LogP contribution in [0.4, 0.5) is 0 Å². The number of carbonyl (C=O) groups excluding carboxylic acids is 7. The highest BCUT2D eigenvalue weighted by Gasteiger charge is 2.43. The number of piperidine rings is 1. The Balaban J connectivity index is 1.33. The first-order valence-electron chi connectivity index (χ1n) is 20.2. The van der Waals surface area contributed by atoms with Gasteiger partial charge in [-0.15, -0.1) is 0 Å². The van der Waals surface area contributed by atoms with E-state index in [0.717, 1.165) is 0 Å². The summed E-state index contributed by atoms with van der Waals surface area (Å²) < 4.78 is 4.95. The Morgan fingerprint density at radius 3 is 2.08 bits per heavy atom. The van der Waals surface area contributed by atoms with Crippen molar-refractivity contribution in [1.29, 1.82) is 0 Å². The predicted octanol–water partition coefficient (Wildman–Crippen LogP) is 0.262. The third kappa shape index (κ3) is 11.5. The number of amides is 6. The van der Waals surface area contributed by atoms with Gasteiger partial charge in [0.2, 0.25) is 29.5 Å². The number of ether oxygens (including phenoxy) is 1. The number of carbonyl (C=O) groups is 7. The van der Waals surface area contributed by atoms with Gasteiger partial charge in [-0.3, -0.25) is 28.8 Å². The van der Waals surface area contributed by atoms with Crippen LogP contribution >= 0.6 is 0 Å². The number of aromatic hydroxyl groups is 1. The van der Waals surface area contributed by atoms with Gasteiger partial charge in [-0.2, -0.15) is 0 Å². The van der Waals surface area contributed by atoms with Crippen LogP contribution in [0.2, 0.25) is 0 Å². The highest BCUT2D eigenvalue weighted by molar-refractivity contribution is 6.00. The number of aliphatic hydroxyl groups is 2. The minimum absolute atomic E-state index is 0.0185. The van der Waals surface area contributed by atoms with E-state index in [-0.39, 0.29) is 50.9 Å². The van der Waals surface area contributed by atoms with E-state index in [9.17, 15) is 48.9 Å². The highest BCUT2D eigenvalue weighted by Crippen LogP contribution is 2.24. The number of nitrogens with zero attached hydrogens (tertiary/aromatic N) is 3. The number of nitrogens with one attached hydrogen (secondary N) is 4. The van der Waals surface area contributed by atoms with Crippen LogP contribution in [-0.2, 0) is 39.9 Å². The van der Waals surface area contributed by atoms with Gasteiger partial charge in [0, 0.05) is 32.1 Å². The number of aliphatic hydroxyl groups excluding tert-OH is 2. The number of hydrogen-bond donors (Lipinski definition) is 7. The van der Waals surface area contributed by atoms with Gasteiger partial charge in [-0.05, 0) is 55.9 Å². The first kappa shape index (κ1) is 45.7. The number of aromatic nitrogens is 1. The van der Waals surface area contributed by atoms with Crippen molar-refractivity contribution in [2.45, 2.75) is 101 Å².